The average molecular weight is 181 g/mol. The van der Waals surface area contributed by atoms with Gasteiger partial charge in [-0.3, -0.25) is 0 Å². The topological polar surface area (TPSA) is 30.7 Å². The highest BCUT2D eigenvalue weighted by molar-refractivity contribution is 4.92. The van der Waals surface area contributed by atoms with Gasteiger partial charge >= 0.3 is 0 Å². The molecular formula is C10H19N3. The quantitative estimate of drug-likeness (QED) is 0.714. The van der Waals surface area contributed by atoms with Crippen molar-refractivity contribution in [2.75, 3.05) is 0 Å². The SMILES string of the molecule is CCC(C)Cc1cnn(C(C)C)n1. The van der Waals surface area contributed by atoms with E-state index in [-0.39, 0.29) is 0 Å². The van der Waals surface area contributed by atoms with E-state index in [0.29, 0.717) is 12.0 Å². The van der Waals surface area contributed by atoms with Gasteiger partial charge < -0.3 is 0 Å². The zero-order valence-electron chi connectivity index (χ0n) is 8.99. The molecule has 0 bridgehead atoms. The van der Waals surface area contributed by atoms with Gasteiger partial charge in [0.25, 0.3) is 0 Å². The molecule has 0 saturated carbocycles. The molecule has 1 unspecified atom stereocenters. The second kappa shape index (κ2) is 4.40. The lowest BCUT2D eigenvalue weighted by molar-refractivity contribution is 0.457. The molecule has 0 N–H and O–H groups in total. The van der Waals surface area contributed by atoms with E-state index in [2.05, 4.69) is 37.9 Å². The average Bonchev–Trinajstić information content (AvgIpc) is 2.52. The summed E-state index contributed by atoms with van der Waals surface area (Å²) in [5.74, 6) is 0.706. The third kappa shape index (κ3) is 2.83. The highest BCUT2D eigenvalue weighted by atomic mass is 15.5. The van der Waals surface area contributed by atoms with Crippen LogP contribution in [0, 0.1) is 5.92 Å². The van der Waals surface area contributed by atoms with Crippen LogP contribution in [0.3, 0.4) is 0 Å². The number of hydrogen-bond donors (Lipinski definition) is 0. The van der Waals surface area contributed by atoms with Crippen molar-refractivity contribution in [3.63, 3.8) is 0 Å². The van der Waals surface area contributed by atoms with Gasteiger partial charge in [-0.2, -0.15) is 15.0 Å². The first-order valence-corrected chi connectivity index (χ1v) is 5.04. The summed E-state index contributed by atoms with van der Waals surface area (Å²) in [5, 5.41) is 8.61. The molecule has 0 spiro atoms. The minimum atomic E-state index is 0.366. The van der Waals surface area contributed by atoms with Crippen LogP contribution in [-0.2, 0) is 6.42 Å². The third-order valence-electron chi connectivity index (χ3n) is 2.27. The van der Waals surface area contributed by atoms with Crippen LogP contribution in [0.5, 0.6) is 0 Å². The van der Waals surface area contributed by atoms with Crippen LogP contribution in [0.2, 0.25) is 0 Å². The van der Waals surface area contributed by atoms with Crippen molar-refractivity contribution in [1.29, 1.82) is 0 Å². The summed E-state index contributed by atoms with van der Waals surface area (Å²) in [6.45, 7) is 8.63. The molecular weight excluding hydrogens is 162 g/mol. The van der Waals surface area contributed by atoms with E-state index in [0.717, 1.165) is 12.1 Å². The molecule has 0 aliphatic heterocycles. The van der Waals surface area contributed by atoms with Crippen molar-refractivity contribution in [3.05, 3.63) is 11.9 Å². The molecule has 1 heterocycles. The smallest absolute Gasteiger partial charge is 0.0830 e. The lowest BCUT2D eigenvalue weighted by atomic mass is 10.0. The van der Waals surface area contributed by atoms with Crippen LogP contribution in [0.4, 0.5) is 0 Å². The van der Waals surface area contributed by atoms with Crippen LogP contribution in [0.25, 0.3) is 0 Å². The summed E-state index contributed by atoms with van der Waals surface area (Å²) in [6, 6.07) is 0.366. The molecule has 1 aromatic rings. The molecule has 3 nitrogen and oxygen atoms in total. The maximum atomic E-state index is 4.40. The first-order valence-electron chi connectivity index (χ1n) is 5.04. The van der Waals surface area contributed by atoms with Crippen molar-refractivity contribution in [2.45, 2.75) is 46.6 Å². The Bertz CT molecular complexity index is 252. The Morgan fingerprint density at radius 1 is 1.38 bits per heavy atom. The molecule has 0 aromatic carbocycles. The first kappa shape index (κ1) is 10.2. The monoisotopic (exact) mass is 181 g/mol. The van der Waals surface area contributed by atoms with E-state index in [1.165, 1.54) is 6.42 Å². The summed E-state index contributed by atoms with van der Waals surface area (Å²) in [7, 11) is 0. The molecule has 0 radical (unpaired) electrons. The lowest BCUT2D eigenvalue weighted by Crippen LogP contribution is -2.06. The minimum Gasteiger partial charge on any atom is -0.182 e. The fourth-order valence-electron chi connectivity index (χ4n) is 1.15. The van der Waals surface area contributed by atoms with Gasteiger partial charge in [0, 0.05) is 0 Å². The largest absolute Gasteiger partial charge is 0.182 e. The van der Waals surface area contributed by atoms with Gasteiger partial charge in [0.1, 0.15) is 0 Å². The van der Waals surface area contributed by atoms with Gasteiger partial charge in [-0.15, -0.1) is 0 Å². The predicted octanol–water partition coefficient (Wildman–Crippen LogP) is 2.45. The number of nitrogens with zero attached hydrogens (tertiary/aromatic N) is 3. The Balaban J connectivity index is 2.58. The molecule has 13 heavy (non-hydrogen) atoms. The van der Waals surface area contributed by atoms with Crippen molar-refractivity contribution >= 4 is 0 Å². The van der Waals surface area contributed by atoms with Crippen LogP contribution in [0.1, 0.15) is 45.9 Å². The van der Waals surface area contributed by atoms with Crippen molar-refractivity contribution in [3.8, 4) is 0 Å². The van der Waals surface area contributed by atoms with Gasteiger partial charge in [-0.25, -0.2) is 0 Å². The Morgan fingerprint density at radius 2 is 2.08 bits per heavy atom. The van der Waals surface area contributed by atoms with E-state index in [1.807, 2.05) is 6.20 Å². The van der Waals surface area contributed by atoms with E-state index in [1.54, 1.807) is 4.80 Å². The molecule has 74 valence electrons. The predicted molar refractivity (Wildman–Crippen MR) is 53.6 cm³/mol. The fraction of sp³-hybridized carbons (Fsp3) is 0.800. The zero-order chi connectivity index (χ0) is 9.84. The number of rotatable bonds is 4. The molecule has 0 fully saturated rings. The fourth-order valence-corrected chi connectivity index (χ4v) is 1.15. The second-order valence-corrected chi connectivity index (χ2v) is 3.97. The Hall–Kier alpha value is -0.860. The molecule has 0 saturated heterocycles. The second-order valence-electron chi connectivity index (χ2n) is 3.97. The maximum Gasteiger partial charge on any atom is 0.0830 e. The van der Waals surface area contributed by atoms with Crippen LogP contribution in [-0.4, -0.2) is 15.0 Å². The molecule has 0 aliphatic carbocycles. The normalized spacial score (nSPS) is 13.6. The van der Waals surface area contributed by atoms with Crippen molar-refractivity contribution < 1.29 is 0 Å². The summed E-state index contributed by atoms with van der Waals surface area (Å²) in [6.07, 6.45) is 4.13. The first-order chi connectivity index (χ1) is 6.13. The van der Waals surface area contributed by atoms with Gasteiger partial charge in [0.2, 0.25) is 0 Å². The third-order valence-corrected chi connectivity index (χ3v) is 2.27. The van der Waals surface area contributed by atoms with Gasteiger partial charge in [0.15, 0.2) is 0 Å². The molecule has 1 rings (SSSR count). The molecule has 1 aromatic heterocycles. The molecule has 0 aliphatic rings. The summed E-state index contributed by atoms with van der Waals surface area (Å²) < 4.78 is 0. The van der Waals surface area contributed by atoms with Crippen LogP contribution >= 0.6 is 0 Å². The standard InChI is InChI=1S/C10H19N3/c1-5-9(4)6-10-7-11-13(12-10)8(2)3/h7-9H,5-6H2,1-4H3. The van der Waals surface area contributed by atoms with Crippen LogP contribution < -0.4 is 0 Å². The van der Waals surface area contributed by atoms with E-state index >= 15 is 0 Å². The van der Waals surface area contributed by atoms with Crippen molar-refractivity contribution in [2.24, 2.45) is 5.92 Å². The number of hydrogen-bond acceptors (Lipinski definition) is 2. The maximum absolute atomic E-state index is 4.40. The van der Waals surface area contributed by atoms with Gasteiger partial charge in [-0.05, 0) is 26.2 Å². The highest BCUT2D eigenvalue weighted by Crippen LogP contribution is 2.09. The zero-order valence-corrected chi connectivity index (χ0v) is 8.99. The molecule has 0 amide bonds. The highest BCUT2D eigenvalue weighted by Gasteiger charge is 2.06. The van der Waals surface area contributed by atoms with Crippen LogP contribution in [0.15, 0.2) is 6.20 Å². The summed E-state index contributed by atoms with van der Waals surface area (Å²) in [5.41, 5.74) is 1.11. The van der Waals surface area contributed by atoms with E-state index in [9.17, 15) is 0 Å². The van der Waals surface area contributed by atoms with Gasteiger partial charge in [0.05, 0.1) is 17.9 Å². The van der Waals surface area contributed by atoms with Gasteiger partial charge in [-0.1, -0.05) is 20.3 Å². The molecule has 1 atom stereocenters. The minimum absolute atomic E-state index is 0.366. The van der Waals surface area contributed by atoms with E-state index < -0.39 is 0 Å². The number of aromatic nitrogens is 3. The summed E-state index contributed by atoms with van der Waals surface area (Å²) in [4.78, 5) is 1.78. The Morgan fingerprint density at radius 3 is 2.54 bits per heavy atom. The summed E-state index contributed by atoms with van der Waals surface area (Å²) >= 11 is 0. The lowest BCUT2D eigenvalue weighted by Gasteiger charge is -2.04. The Labute approximate surface area is 80.1 Å². The molecule has 3 heteroatoms. The van der Waals surface area contributed by atoms with Crippen molar-refractivity contribution in [1.82, 2.24) is 15.0 Å². The van der Waals surface area contributed by atoms with E-state index in [4.69, 9.17) is 0 Å². The Kier molecular flexibility index (Phi) is 3.46.